The van der Waals surface area contributed by atoms with E-state index < -0.39 is 0 Å². The number of hydrogen-bond acceptors (Lipinski definition) is 17. The highest BCUT2D eigenvalue weighted by Crippen LogP contribution is 2.37. The number of carbonyl (C=O) groups is 1. The monoisotopic (exact) mass is 1370 g/mol. The number of aromatic nitrogens is 17. The minimum Gasteiger partial charge on any atom is -0.393 e. The van der Waals surface area contributed by atoms with Crippen LogP contribution in [-0.4, -0.2) is 185 Å². The number of imidazole rings is 3. The quantitative estimate of drug-likeness (QED) is 0.0666. The molecule has 13 heterocycles. The third-order valence-electron chi connectivity index (χ3n) is 19.3. The first kappa shape index (κ1) is 61.2. The molecule has 99 heavy (non-hydrogen) atoms. The summed E-state index contributed by atoms with van der Waals surface area (Å²) in [5, 5.41) is 42.4. The van der Waals surface area contributed by atoms with E-state index in [0.717, 1.165) is 180 Å². The van der Waals surface area contributed by atoms with E-state index in [-0.39, 0.29) is 18.1 Å². The number of anilines is 2. The van der Waals surface area contributed by atoms with Crippen molar-refractivity contribution in [2.24, 2.45) is 0 Å². The van der Waals surface area contributed by atoms with Crippen molar-refractivity contribution in [2.45, 2.75) is 37.8 Å². The maximum atomic E-state index is 13.2. The molecule has 1 saturated carbocycles. The molecular formula is C74H67BrN22O2. The summed E-state index contributed by atoms with van der Waals surface area (Å²) in [6, 6.07) is 41.0. The Balaban J connectivity index is 0.000000113. The lowest BCUT2D eigenvalue weighted by Gasteiger charge is -2.34. The number of likely N-dealkylation sites (N-methyl/N-ethyl adjacent to an activating group) is 2. The van der Waals surface area contributed by atoms with Crippen LogP contribution in [0.25, 0.3) is 145 Å². The van der Waals surface area contributed by atoms with Crippen molar-refractivity contribution in [2.75, 3.05) is 76.3 Å². The van der Waals surface area contributed by atoms with Crippen molar-refractivity contribution >= 4 is 121 Å². The standard InChI is InChI=1S/C29H25N7O2.C27H24N8.C18H18BrN7/c37-19-10-8-18(9-11-19)32-29(38)21-6-3-7-24-25(21)34-28(33-24)26-22-12-17(14-31-27(22)36-35-26)23-15-30-13-16-4-1-2-5-20(16)23;1-34-8-10-35(11-9-34)19-6-7-23-24(13-19)31-27(30-23)25-21-12-18(15-29-26(21)33-32-25)22-16-28-14-17-4-2-3-5-20(17)22;1-25-4-6-26(7-5-25)12-2-3-14-15(9-12)22-18(21-14)16-13-8-11(19)10-20-17(13)24-23-16/h1-7,12-15,18-19,37H,8-11H2,(H,32,38)(H,33,34)(H,31,35,36);2-7,12-16H,8-11H2,1H3,(H,30,31)(H,29,32,33);2-3,8-10H,4-7H2,1H3,(H,21,22)(H,20,23,24). The Morgan fingerprint density at radius 3 is 1.48 bits per heavy atom. The first-order chi connectivity index (χ1) is 48.5. The lowest BCUT2D eigenvalue weighted by molar-refractivity contribution is 0.0869. The number of para-hydroxylation sites is 1. The molecule has 19 rings (SSSR count). The van der Waals surface area contributed by atoms with E-state index in [1.165, 1.54) is 11.4 Å². The molecule has 0 bridgehead atoms. The number of nitrogens with one attached hydrogen (secondary N) is 7. The molecule has 1 amide bonds. The van der Waals surface area contributed by atoms with E-state index in [2.05, 4.69) is 186 Å². The zero-order valence-electron chi connectivity index (χ0n) is 54.2. The van der Waals surface area contributed by atoms with Crippen LogP contribution in [0.1, 0.15) is 36.0 Å². The lowest BCUT2D eigenvalue weighted by Crippen LogP contribution is -2.44. The van der Waals surface area contributed by atoms with Crippen LogP contribution in [0.15, 0.2) is 169 Å². The van der Waals surface area contributed by atoms with Gasteiger partial charge in [-0.25, -0.2) is 29.9 Å². The van der Waals surface area contributed by atoms with Crippen LogP contribution in [-0.2, 0) is 0 Å². The first-order valence-electron chi connectivity index (χ1n) is 33.2. The average Bonchev–Trinajstić information content (AvgIpc) is 1.66. The third-order valence-corrected chi connectivity index (χ3v) is 19.8. The lowest BCUT2D eigenvalue weighted by atomic mass is 9.93. The van der Waals surface area contributed by atoms with E-state index in [9.17, 15) is 9.90 Å². The van der Waals surface area contributed by atoms with Crippen molar-refractivity contribution in [3.8, 4) is 56.8 Å². The Morgan fingerprint density at radius 1 is 0.485 bits per heavy atom. The largest absolute Gasteiger partial charge is 0.393 e. The van der Waals surface area contributed by atoms with Crippen molar-refractivity contribution < 1.29 is 9.90 Å². The SMILES string of the molecule is CN1CCN(c2ccc3nc(-c4[nH]nc5ncc(-c6cncc7ccccc67)cc45)[nH]c3c2)CC1.CN1CCN(c2ccc3nc(-c4[nH]nc5ncc(Br)cc45)[nH]c3c2)CC1.O=C(NC1CCC(O)CC1)c1cccc2[nH]c(-c3[nH]nc4ncc(-c5cncc6ccccc56)cc34)nc12. The molecule has 25 heteroatoms. The summed E-state index contributed by atoms with van der Waals surface area (Å²) in [5.74, 6) is 1.96. The van der Waals surface area contributed by atoms with Crippen molar-refractivity contribution in [3.63, 3.8) is 0 Å². The summed E-state index contributed by atoms with van der Waals surface area (Å²) in [6.07, 6.45) is 15.6. The van der Waals surface area contributed by atoms with Gasteiger partial charge in [0.1, 0.15) is 22.6 Å². The highest BCUT2D eigenvalue weighted by molar-refractivity contribution is 9.10. The molecule has 3 fully saturated rings. The fourth-order valence-corrected chi connectivity index (χ4v) is 14.1. The number of aliphatic hydroxyl groups is 1. The zero-order valence-corrected chi connectivity index (χ0v) is 55.8. The highest BCUT2D eigenvalue weighted by Gasteiger charge is 2.25. The summed E-state index contributed by atoms with van der Waals surface area (Å²) < 4.78 is 0.918. The Kier molecular flexibility index (Phi) is 16.0. The molecule has 24 nitrogen and oxygen atoms in total. The van der Waals surface area contributed by atoms with Gasteiger partial charge in [-0.05, 0) is 133 Å². The fraction of sp³-hybridized carbons (Fsp3) is 0.216. The van der Waals surface area contributed by atoms with E-state index in [0.29, 0.717) is 52.4 Å². The van der Waals surface area contributed by atoms with E-state index >= 15 is 0 Å². The number of aromatic amines is 6. The molecule has 0 atom stereocenters. The normalized spacial score (nSPS) is 16.3. The summed E-state index contributed by atoms with van der Waals surface area (Å²) in [4.78, 5) is 69.8. The molecule has 3 aliphatic rings. The number of nitrogens with zero attached hydrogens (tertiary/aromatic N) is 15. The Labute approximate surface area is 573 Å². The minimum atomic E-state index is -0.267. The summed E-state index contributed by atoms with van der Waals surface area (Å²) in [5.41, 5.74) is 16.5. The second-order valence-corrected chi connectivity index (χ2v) is 26.7. The Morgan fingerprint density at radius 2 is 0.960 bits per heavy atom. The number of benzene rings is 5. The number of H-pyrrole nitrogens is 6. The topological polar surface area (TPSA) is 299 Å². The number of amides is 1. The zero-order chi connectivity index (χ0) is 66.7. The van der Waals surface area contributed by atoms with E-state index in [1.54, 1.807) is 12.3 Å². The van der Waals surface area contributed by atoms with Crippen LogP contribution >= 0.6 is 15.9 Å². The molecule has 0 radical (unpaired) electrons. The highest BCUT2D eigenvalue weighted by atomic mass is 79.9. The van der Waals surface area contributed by atoms with E-state index in [4.69, 9.17) is 15.0 Å². The second kappa shape index (κ2) is 25.9. The molecular weight excluding hydrogens is 1310 g/mol. The van der Waals surface area contributed by atoms with Crippen LogP contribution in [0.4, 0.5) is 11.4 Å². The smallest absolute Gasteiger partial charge is 0.253 e. The Hall–Kier alpha value is -11.4. The van der Waals surface area contributed by atoms with Gasteiger partial charge in [0.15, 0.2) is 34.4 Å². The van der Waals surface area contributed by atoms with Gasteiger partial charge in [0, 0.05) is 151 Å². The molecule has 2 aliphatic heterocycles. The number of fused-ring (bicyclic) bond motifs is 8. The van der Waals surface area contributed by atoms with Gasteiger partial charge >= 0.3 is 0 Å². The summed E-state index contributed by atoms with van der Waals surface area (Å²) >= 11 is 3.47. The molecule has 5 aromatic carbocycles. The van der Waals surface area contributed by atoms with Crippen LogP contribution in [0.2, 0.25) is 0 Å². The van der Waals surface area contributed by atoms with Gasteiger partial charge in [0.05, 0.1) is 55.4 Å². The van der Waals surface area contributed by atoms with Crippen molar-refractivity contribution in [1.29, 1.82) is 0 Å². The van der Waals surface area contributed by atoms with Gasteiger partial charge in [-0.3, -0.25) is 30.1 Å². The molecule has 11 aromatic heterocycles. The van der Waals surface area contributed by atoms with Gasteiger partial charge in [-0.15, -0.1) is 0 Å². The molecule has 2 saturated heterocycles. The van der Waals surface area contributed by atoms with Crippen LogP contribution in [0.5, 0.6) is 0 Å². The van der Waals surface area contributed by atoms with Gasteiger partial charge in [0.2, 0.25) is 0 Å². The fourth-order valence-electron chi connectivity index (χ4n) is 13.8. The molecule has 492 valence electrons. The number of halogens is 1. The second-order valence-electron chi connectivity index (χ2n) is 25.7. The van der Waals surface area contributed by atoms with Crippen molar-refractivity contribution in [1.82, 2.24) is 101 Å². The first-order valence-corrected chi connectivity index (χ1v) is 34.0. The van der Waals surface area contributed by atoms with Crippen molar-refractivity contribution in [3.05, 3.63) is 175 Å². The third kappa shape index (κ3) is 12.1. The predicted octanol–water partition coefficient (Wildman–Crippen LogP) is 12.2. The number of hydrogen-bond donors (Lipinski definition) is 8. The van der Waals surface area contributed by atoms with Gasteiger partial charge < -0.3 is 45.0 Å². The van der Waals surface area contributed by atoms with Crippen LogP contribution < -0.4 is 15.1 Å². The molecule has 8 N–H and O–H groups in total. The van der Waals surface area contributed by atoms with Crippen LogP contribution in [0.3, 0.4) is 0 Å². The maximum absolute atomic E-state index is 13.2. The predicted molar refractivity (Wildman–Crippen MR) is 391 cm³/mol. The summed E-state index contributed by atoms with van der Waals surface area (Å²) in [6.45, 7) is 8.50. The number of piperazine rings is 2. The van der Waals surface area contributed by atoms with Gasteiger partial charge in [-0.2, -0.15) is 15.3 Å². The number of rotatable bonds is 9. The number of aliphatic hydroxyl groups excluding tert-OH is 1. The molecule has 0 unspecified atom stereocenters. The molecule has 16 aromatic rings. The molecule has 0 spiro atoms. The van der Waals surface area contributed by atoms with Gasteiger partial charge in [0.25, 0.3) is 5.91 Å². The van der Waals surface area contributed by atoms with Gasteiger partial charge in [-0.1, -0.05) is 54.6 Å². The average molecular weight is 1380 g/mol. The number of pyridine rings is 5. The minimum absolute atomic E-state index is 0.0594. The number of carbonyl (C=O) groups excluding carboxylic acids is 1. The van der Waals surface area contributed by atoms with Crippen LogP contribution in [0, 0.1) is 0 Å². The summed E-state index contributed by atoms with van der Waals surface area (Å²) in [7, 11) is 4.34. The Bertz CT molecular complexity index is 5680. The van der Waals surface area contributed by atoms with E-state index in [1.807, 2.05) is 91.8 Å². The maximum Gasteiger partial charge on any atom is 0.253 e. The molecule has 1 aliphatic carbocycles.